The van der Waals surface area contributed by atoms with E-state index in [0.717, 1.165) is 35.7 Å². The molecule has 6 heteroatoms. The van der Waals surface area contributed by atoms with Gasteiger partial charge in [-0.05, 0) is 25.0 Å². The van der Waals surface area contributed by atoms with Crippen LogP contribution in [0.25, 0.3) is 10.6 Å². The lowest BCUT2D eigenvalue weighted by Gasteiger charge is -2.09. The van der Waals surface area contributed by atoms with Gasteiger partial charge in [-0.2, -0.15) is 0 Å². The summed E-state index contributed by atoms with van der Waals surface area (Å²) >= 11 is 1.54. The number of ether oxygens (including phenoxy) is 1. The highest BCUT2D eigenvalue weighted by Crippen LogP contribution is 2.23. The maximum absolute atomic E-state index is 11.9. The molecular formula is C15H17N3O2S. The molecule has 0 aromatic carbocycles. The van der Waals surface area contributed by atoms with Gasteiger partial charge in [-0.1, -0.05) is 0 Å². The van der Waals surface area contributed by atoms with Crippen LogP contribution in [-0.4, -0.2) is 35.1 Å². The number of aromatic nitrogens is 2. The first-order valence-electron chi connectivity index (χ1n) is 7.04. The molecule has 0 spiro atoms. The zero-order valence-corrected chi connectivity index (χ0v) is 12.4. The van der Waals surface area contributed by atoms with E-state index in [-0.39, 0.29) is 12.0 Å². The van der Waals surface area contributed by atoms with Crippen LogP contribution in [0.1, 0.15) is 18.5 Å². The third-order valence-electron chi connectivity index (χ3n) is 3.37. The van der Waals surface area contributed by atoms with Gasteiger partial charge in [-0.25, -0.2) is 4.98 Å². The Morgan fingerprint density at radius 2 is 2.29 bits per heavy atom. The lowest BCUT2D eigenvalue weighted by molar-refractivity contribution is -0.121. The molecule has 110 valence electrons. The molecule has 1 amide bonds. The maximum Gasteiger partial charge on any atom is 0.226 e. The van der Waals surface area contributed by atoms with E-state index in [9.17, 15) is 4.79 Å². The van der Waals surface area contributed by atoms with E-state index < -0.39 is 0 Å². The highest BCUT2D eigenvalue weighted by molar-refractivity contribution is 7.13. The summed E-state index contributed by atoms with van der Waals surface area (Å²) in [5, 5.41) is 5.76. The summed E-state index contributed by atoms with van der Waals surface area (Å²) in [7, 11) is 0. The van der Waals surface area contributed by atoms with Gasteiger partial charge in [-0.15, -0.1) is 11.3 Å². The summed E-state index contributed by atoms with van der Waals surface area (Å²) in [5.74, 6) is -0.00271. The third-order valence-corrected chi connectivity index (χ3v) is 4.31. The van der Waals surface area contributed by atoms with Gasteiger partial charge in [0.25, 0.3) is 0 Å². The lowest BCUT2D eigenvalue weighted by Crippen LogP contribution is -2.32. The minimum atomic E-state index is -0.00271. The van der Waals surface area contributed by atoms with Crippen molar-refractivity contribution in [2.24, 2.45) is 0 Å². The first kappa shape index (κ1) is 14.2. The Hall–Kier alpha value is -1.79. The van der Waals surface area contributed by atoms with Crippen molar-refractivity contribution in [2.45, 2.75) is 25.4 Å². The van der Waals surface area contributed by atoms with Crippen LogP contribution >= 0.6 is 11.3 Å². The third kappa shape index (κ3) is 3.86. The Morgan fingerprint density at radius 3 is 3.05 bits per heavy atom. The van der Waals surface area contributed by atoms with E-state index in [4.69, 9.17) is 4.74 Å². The van der Waals surface area contributed by atoms with Gasteiger partial charge in [0.2, 0.25) is 5.91 Å². The van der Waals surface area contributed by atoms with E-state index in [1.54, 1.807) is 23.7 Å². The van der Waals surface area contributed by atoms with Gasteiger partial charge >= 0.3 is 0 Å². The van der Waals surface area contributed by atoms with E-state index in [1.165, 1.54) is 0 Å². The van der Waals surface area contributed by atoms with Crippen molar-refractivity contribution in [3.63, 3.8) is 0 Å². The largest absolute Gasteiger partial charge is 0.376 e. The molecule has 1 aliphatic rings. The van der Waals surface area contributed by atoms with Crippen molar-refractivity contribution in [1.82, 2.24) is 15.3 Å². The Balaban J connectivity index is 1.53. The molecule has 0 aliphatic carbocycles. The van der Waals surface area contributed by atoms with Crippen LogP contribution in [0.15, 0.2) is 29.9 Å². The number of thiazole rings is 1. The average molecular weight is 303 g/mol. The fraction of sp³-hybridized carbons (Fsp3) is 0.400. The summed E-state index contributed by atoms with van der Waals surface area (Å²) in [6, 6.07) is 3.83. The van der Waals surface area contributed by atoms with Gasteiger partial charge in [0.15, 0.2) is 0 Å². The first-order valence-corrected chi connectivity index (χ1v) is 7.92. The van der Waals surface area contributed by atoms with Crippen LogP contribution in [0.5, 0.6) is 0 Å². The zero-order chi connectivity index (χ0) is 14.5. The number of nitrogens with zero attached hydrogens (tertiary/aromatic N) is 2. The van der Waals surface area contributed by atoms with Crippen LogP contribution in [0.3, 0.4) is 0 Å². The number of carbonyl (C=O) groups excluding carboxylic acids is 1. The second kappa shape index (κ2) is 6.78. The summed E-state index contributed by atoms with van der Waals surface area (Å²) in [5.41, 5.74) is 1.83. The van der Waals surface area contributed by atoms with Crippen LogP contribution < -0.4 is 5.32 Å². The number of amides is 1. The topological polar surface area (TPSA) is 64.1 Å². The standard InChI is InChI=1S/C15H17N3O2S/c19-14(17-9-13-2-1-7-20-13)8-12-10-21-15(18-12)11-3-5-16-6-4-11/h3-6,10,13H,1-2,7-9H2,(H,17,19)/t13-/m1/s1. The van der Waals surface area contributed by atoms with Crippen LogP contribution in [-0.2, 0) is 16.0 Å². The molecule has 0 unspecified atom stereocenters. The molecule has 2 aromatic heterocycles. The summed E-state index contributed by atoms with van der Waals surface area (Å²) < 4.78 is 5.48. The van der Waals surface area contributed by atoms with Crippen molar-refractivity contribution in [1.29, 1.82) is 0 Å². The molecule has 1 fully saturated rings. The van der Waals surface area contributed by atoms with Crippen molar-refractivity contribution in [3.05, 3.63) is 35.6 Å². The summed E-state index contributed by atoms with van der Waals surface area (Å²) in [4.78, 5) is 20.4. The zero-order valence-electron chi connectivity index (χ0n) is 11.6. The average Bonchev–Trinajstić information content (AvgIpc) is 3.17. The molecule has 0 saturated carbocycles. The normalized spacial score (nSPS) is 17.8. The number of pyridine rings is 1. The summed E-state index contributed by atoms with van der Waals surface area (Å²) in [6.45, 7) is 1.40. The van der Waals surface area contributed by atoms with Gasteiger partial charge in [0.05, 0.1) is 18.2 Å². The van der Waals surface area contributed by atoms with Crippen molar-refractivity contribution < 1.29 is 9.53 Å². The maximum atomic E-state index is 11.9. The van der Waals surface area contributed by atoms with Gasteiger partial charge < -0.3 is 10.1 Å². The molecule has 3 rings (SSSR count). The molecule has 0 radical (unpaired) electrons. The Morgan fingerprint density at radius 1 is 1.43 bits per heavy atom. The lowest BCUT2D eigenvalue weighted by atomic mass is 10.2. The fourth-order valence-electron chi connectivity index (χ4n) is 2.28. The second-order valence-electron chi connectivity index (χ2n) is 5.00. The van der Waals surface area contributed by atoms with Crippen molar-refractivity contribution in [2.75, 3.05) is 13.2 Å². The second-order valence-corrected chi connectivity index (χ2v) is 5.85. The smallest absolute Gasteiger partial charge is 0.226 e. The molecule has 1 atom stereocenters. The first-order chi connectivity index (χ1) is 10.3. The Labute approximate surface area is 127 Å². The molecule has 21 heavy (non-hydrogen) atoms. The highest BCUT2D eigenvalue weighted by atomic mass is 32.1. The number of carbonyl (C=O) groups is 1. The number of rotatable bonds is 5. The molecule has 2 aromatic rings. The summed E-state index contributed by atoms with van der Waals surface area (Å²) in [6.07, 6.45) is 6.09. The van der Waals surface area contributed by atoms with Crippen LogP contribution in [0.2, 0.25) is 0 Å². The van der Waals surface area contributed by atoms with Crippen molar-refractivity contribution in [3.8, 4) is 10.6 Å². The number of hydrogen-bond acceptors (Lipinski definition) is 5. The van der Waals surface area contributed by atoms with Crippen molar-refractivity contribution >= 4 is 17.2 Å². The predicted octanol–water partition coefficient (Wildman–Crippen LogP) is 2.04. The minimum absolute atomic E-state index is 0.00271. The molecule has 1 aliphatic heterocycles. The molecule has 3 heterocycles. The highest BCUT2D eigenvalue weighted by Gasteiger charge is 2.16. The SMILES string of the molecule is O=C(Cc1csc(-c2ccncc2)n1)NC[C@H]1CCCO1. The number of nitrogens with one attached hydrogen (secondary N) is 1. The Kier molecular flexibility index (Phi) is 4.57. The van der Waals surface area contributed by atoms with Gasteiger partial charge in [-0.3, -0.25) is 9.78 Å². The molecule has 1 N–H and O–H groups in total. The molecular weight excluding hydrogens is 286 g/mol. The molecule has 1 saturated heterocycles. The predicted molar refractivity (Wildman–Crippen MR) is 81.0 cm³/mol. The molecule has 5 nitrogen and oxygen atoms in total. The van der Waals surface area contributed by atoms with E-state index in [0.29, 0.717) is 13.0 Å². The number of hydrogen-bond donors (Lipinski definition) is 1. The molecule has 0 bridgehead atoms. The Bertz CT molecular complexity index is 594. The quantitative estimate of drug-likeness (QED) is 0.918. The van der Waals surface area contributed by atoms with E-state index in [2.05, 4.69) is 15.3 Å². The van der Waals surface area contributed by atoms with Crippen LogP contribution in [0, 0.1) is 0 Å². The van der Waals surface area contributed by atoms with E-state index in [1.807, 2.05) is 17.5 Å². The fourth-order valence-corrected chi connectivity index (χ4v) is 3.10. The van der Waals surface area contributed by atoms with E-state index >= 15 is 0 Å². The monoisotopic (exact) mass is 303 g/mol. The van der Waals surface area contributed by atoms with Gasteiger partial charge in [0.1, 0.15) is 5.01 Å². The van der Waals surface area contributed by atoms with Gasteiger partial charge in [0, 0.05) is 36.5 Å². The minimum Gasteiger partial charge on any atom is -0.376 e. The van der Waals surface area contributed by atoms with Crippen LogP contribution in [0.4, 0.5) is 0 Å².